The molecule has 22 heavy (non-hydrogen) atoms. The second-order valence-corrected chi connectivity index (χ2v) is 6.25. The smallest absolute Gasteiger partial charge is 0.225 e. The molecule has 0 atom stereocenters. The molecular weight excluding hydrogens is 286 g/mol. The van der Waals surface area contributed by atoms with Crippen molar-refractivity contribution in [3.8, 4) is 0 Å². The van der Waals surface area contributed by atoms with E-state index in [1.807, 2.05) is 9.80 Å². The van der Waals surface area contributed by atoms with E-state index in [-0.39, 0.29) is 11.8 Å². The number of benzene rings is 1. The van der Waals surface area contributed by atoms with Gasteiger partial charge < -0.3 is 9.80 Å². The summed E-state index contributed by atoms with van der Waals surface area (Å²) in [4.78, 5) is 16.4. The van der Waals surface area contributed by atoms with Crippen LogP contribution in [0.5, 0.6) is 0 Å². The van der Waals surface area contributed by atoms with Crippen LogP contribution in [0.4, 0.5) is 14.5 Å². The molecular formula is C17H22F2N2O. The van der Waals surface area contributed by atoms with Crippen molar-refractivity contribution in [2.45, 2.75) is 32.1 Å². The van der Waals surface area contributed by atoms with Gasteiger partial charge in [-0.3, -0.25) is 4.79 Å². The molecule has 120 valence electrons. The molecule has 1 amide bonds. The Balaban J connectivity index is 1.57. The first-order chi connectivity index (χ1) is 10.6. The van der Waals surface area contributed by atoms with Gasteiger partial charge in [0.15, 0.2) is 11.6 Å². The predicted octanol–water partition coefficient (Wildman–Crippen LogP) is 3.19. The summed E-state index contributed by atoms with van der Waals surface area (Å²) in [6.07, 6.45) is 5.59. The van der Waals surface area contributed by atoms with E-state index in [2.05, 4.69) is 0 Å². The number of amides is 1. The molecule has 1 saturated carbocycles. The molecule has 2 aliphatic rings. The van der Waals surface area contributed by atoms with E-state index in [0.29, 0.717) is 31.9 Å². The van der Waals surface area contributed by atoms with Gasteiger partial charge in [0.25, 0.3) is 0 Å². The number of halogens is 2. The molecule has 1 heterocycles. The number of rotatable bonds is 2. The molecule has 0 N–H and O–H groups in total. The Hall–Kier alpha value is -1.65. The molecule has 1 aromatic carbocycles. The van der Waals surface area contributed by atoms with Crippen molar-refractivity contribution in [3.63, 3.8) is 0 Å². The number of nitrogens with zero attached hydrogens (tertiary/aromatic N) is 2. The van der Waals surface area contributed by atoms with Crippen LogP contribution in [0.2, 0.25) is 0 Å². The van der Waals surface area contributed by atoms with Crippen molar-refractivity contribution in [1.82, 2.24) is 4.90 Å². The minimum Gasteiger partial charge on any atom is -0.368 e. The first-order valence-electron chi connectivity index (χ1n) is 8.14. The lowest BCUT2D eigenvalue weighted by Gasteiger charge is -2.38. The summed E-state index contributed by atoms with van der Waals surface area (Å²) < 4.78 is 26.3. The van der Waals surface area contributed by atoms with Crippen molar-refractivity contribution in [2.75, 3.05) is 31.1 Å². The highest BCUT2D eigenvalue weighted by Gasteiger charge is 2.28. The number of hydrogen-bond acceptors (Lipinski definition) is 2. The zero-order chi connectivity index (χ0) is 15.5. The predicted molar refractivity (Wildman–Crippen MR) is 81.7 cm³/mol. The largest absolute Gasteiger partial charge is 0.368 e. The topological polar surface area (TPSA) is 23.6 Å². The molecule has 1 aliphatic heterocycles. The number of anilines is 1. The second kappa shape index (κ2) is 6.63. The Morgan fingerprint density at radius 3 is 2.27 bits per heavy atom. The first kappa shape index (κ1) is 15.3. The van der Waals surface area contributed by atoms with E-state index in [1.54, 1.807) is 6.07 Å². The highest BCUT2D eigenvalue weighted by atomic mass is 19.2. The second-order valence-electron chi connectivity index (χ2n) is 6.25. The van der Waals surface area contributed by atoms with E-state index in [9.17, 15) is 13.6 Å². The van der Waals surface area contributed by atoms with E-state index >= 15 is 0 Å². The lowest BCUT2D eigenvalue weighted by Crippen LogP contribution is -2.50. The molecule has 3 nitrogen and oxygen atoms in total. The van der Waals surface area contributed by atoms with Gasteiger partial charge in [0.05, 0.1) is 0 Å². The summed E-state index contributed by atoms with van der Waals surface area (Å²) in [6.45, 7) is 2.66. The fourth-order valence-corrected chi connectivity index (χ4v) is 3.47. The Morgan fingerprint density at radius 1 is 0.955 bits per heavy atom. The summed E-state index contributed by atoms with van der Waals surface area (Å²) in [5.74, 6) is -1.17. The summed E-state index contributed by atoms with van der Waals surface area (Å²) in [7, 11) is 0. The summed E-state index contributed by atoms with van der Waals surface area (Å²) in [6, 6.07) is 3.98. The van der Waals surface area contributed by atoms with Crippen molar-refractivity contribution < 1.29 is 13.6 Å². The third-order valence-corrected chi connectivity index (χ3v) is 4.81. The average molecular weight is 308 g/mol. The Morgan fingerprint density at radius 2 is 1.64 bits per heavy atom. The maximum Gasteiger partial charge on any atom is 0.225 e. The van der Waals surface area contributed by atoms with Crippen LogP contribution in [0.1, 0.15) is 32.1 Å². The summed E-state index contributed by atoms with van der Waals surface area (Å²) >= 11 is 0. The molecule has 0 radical (unpaired) electrons. The molecule has 0 aromatic heterocycles. The quantitative estimate of drug-likeness (QED) is 0.837. The van der Waals surface area contributed by atoms with Crippen LogP contribution in [0.25, 0.3) is 0 Å². The highest BCUT2D eigenvalue weighted by molar-refractivity contribution is 5.79. The van der Waals surface area contributed by atoms with Crippen LogP contribution in [0, 0.1) is 17.6 Å². The minimum absolute atomic E-state index is 0.198. The number of piperazine rings is 1. The monoisotopic (exact) mass is 308 g/mol. The normalized spacial score (nSPS) is 20.3. The van der Waals surface area contributed by atoms with Crippen LogP contribution in [-0.2, 0) is 4.79 Å². The standard InChI is InChI=1S/C17H22F2N2O/c18-15-7-6-14(12-16(15)19)20-8-10-21(11-9-20)17(22)13-4-2-1-3-5-13/h6-7,12-13H,1-5,8-11H2. The van der Waals surface area contributed by atoms with E-state index < -0.39 is 11.6 Å². The maximum absolute atomic E-state index is 13.3. The molecule has 0 spiro atoms. The van der Waals surface area contributed by atoms with Crippen molar-refractivity contribution in [2.24, 2.45) is 5.92 Å². The first-order valence-corrected chi connectivity index (χ1v) is 8.14. The average Bonchev–Trinajstić information content (AvgIpc) is 2.58. The summed E-state index contributed by atoms with van der Waals surface area (Å²) in [5.41, 5.74) is 0.684. The summed E-state index contributed by atoms with van der Waals surface area (Å²) in [5, 5.41) is 0. The maximum atomic E-state index is 13.3. The van der Waals surface area contributed by atoms with Gasteiger partial charge in [0.2, 0.25) is 5.91 Å². The zero-order valence-electron chi connectivity index (χ0n) is 12.7. The molecule has 1 aliphatic carbocycles. The van der Waals surface area contributed by atoms with Crippen molar-refractivity contribution in [1.29, 1.82) is 0 Å². The van der Waals surface area contributed by atoms with E-state index in [0.717, 1.165) is 31.7 Å². The van der Waals surface area contributed by atoms with Gasteiger partial charge in [0, 0.05) is 43.9 Å². The van der Waals surface area contributed by atoms with Crippen LogP contribution < -0.4 is 4.90 Å². The van der Waals surface area contributed by atoms with Gasteiger partial charge in [-0.15, -0.1) is 0 Å². The van der Waals surface area contributed by atoms with Crippen LogP contribution in [-0.4, -0.2) is 37.0 Å². The van der Waals surface area contributed by atoms with Gasteiger partial charge >= 0.3 is 0 Å². The number of carbonyl (C=O) groups excluding carboxylic acids is 1. The fraction of sp³-hybridized carbons (Fsp3) is 0.588. The number of hydrogen-bond donors (Lipinski definition) is 0. The number of carbonyl (C=O) groups is 1. The van der Waals surface area contributed by atoms with Crippen molar-refractivity contribution >= 4 is 11.6 Å². The van der Waals surface area contributed by atoms with Gasteiger partial charge in [-0.05, 0) is 25.0 Å². The highest BCUT2D eigenvalue weighted by Crippen LogP contribution is 2.26. The van der Waals surface area contributed by atoms with Gasteiger partial charge in [-0.2, -0.15) is 0 Å². The third-order valence-electron chi connectivity index (χ3n) is 4.81. The van der Waals surface area contributed by atoms with Crippen LogP contribution >= 0.6 is 0 Å². The van der Waals surface area contributed by atoms with Gasteiger partial charge in [0.1, 0.15) is 0 Å². The van der Waals surface area contributed by atoms with Crippen molar-refractivity contribution in [3.05, 3.63) is 29.8 Å². The Kier molecular flexibility index (Phi) is 4.60. The fourth-order valence-electron chi connectivity index (χ4n) is 3.47. The molecule has 1 saturated heterocycles. The van der Waals surface area contributed by atoms with E-state index in [1.165, 1.54) is 12.5 Å². The zero-order valence-corrected chi connectivity index (χ0v) is 12.7. The molecule has 0 bridgehead atoms. The molecule has 2 fully saturated rings. The van der Waals surface area contributed by atoms with Crippen LogP contribution in [0.3, 0.4) is 0 Å². The lowest BCUT2D eigenvalue weighted by atomic mass is 9.88. The minimum atomic E-state index is -0.824. The molecule has 5 heteroatoms. The lowest BCUT2D eigenvalue weighted by molar-refractivity contribution is -0.136. The Bertz CT molecular complexity index is 535. The van der Waals surface area contributed by atoms with Gasteiger partial charge in [-0.1, -0.05) is 19.3 Å². The Labute approximate surface area is 129 Å². The molecule has 3 rings (SSSR count). The van der Waals surface area contributed by atoms with Gasteiger partial charge in [-0.25, -0.2) is 8.78 Å². The van der Waals surface area contributed by atoms with Crippen LogP contribution in [0.15, 0.2) is 18.2 Å². The molecule has 1 aromatic rings. The SMILES string of the molecule is O=C(C1CCCCC1)N1CCN(c2ccc(F)c(F)c2)CC1. The van der Waals surface area contributed by atoms with E-state index in [4.69, 9.17) is 0 Å². The third kappa shape index (κ3) is 3.23. The molecule has 0 unspecified atom stereocenters.